The van der Waals surface area contributed by atoms with Crippen molar-refractivity contribution in [2.24, 2.45) is 0 Å². The molecule has 0 spiro atoms. The molecule has 0 amide bonds. The van der Waals surface area contributed by atoms with Gasteiger partial charge in [0.2, 0.25) is 11.1 Å². The lowest BCUT2D eigenvalue weighted by Crippen LogP contribution is -2.17. The first-order valence-corrected chi connectivity index (χ1v) is 5.51. The molecule has 7 heteroatoms. The quantitative estimate of drug-likeness (QED) is 0.805. The van der Waals surface area contributed by atoms with Crippen LogP contribution in [0.5, 0.6) is 0 Å². The number of benzene rings is 1. The summed E-state index contributed by atoms with van der Waals surface area (Å²) in [5.41, 5.74) is -1.28. The Labute approximate surface area is 111 Å². The van der Waals surface area contributed by atoms with Crippen molar-refractivity contribution in [3.05, 3.63) is 57.5 Å². The highest BCUT2D eigenvalue weighted by Gasteiger charge is 2.30. The molecule has 1 heterocycles. The molecule has 0 saturated heterocycles. The van der Waals surface area contributed by atoms with Crippen molar-refractivity contribution >= 4 is 0 Å². The second-order valence-corrected chi connectivity index (χ2v) is 4.07. The smallest absolute Gasteiger partial charge is 0.287 e. The summed E-state index contributed by atoms with van der Waals surface area (Å²) >= 11 is 0. The van der Waals surface area contributed by atoms with Gasteiger partial charge in [0.05, 0.1) is 11.3 Å². The second kappa shape index (κ2) is 4.81. The SMILES string of the molecule is Cc1cc(=O)c(C#N)nn1-c1cccc(C(F)(F)F)c1. The van der Waals surface area contributed by atoms with Gasteiger partial charge in [-0.1, -0.05) is 6.07 Å². The molecule has 102 valence electrons. The summed E-state index contributed by atoms with van der Waals surface area (Å²) in [6.45, 7) is 1.52. The van der Waals surface area contributed by atoms with Gasteiger partial charge >= 0.3 is 6.18 Å². The zero-order chi connectivity index (χ0) is 14.9. The van der Waals surface area contributed by atoms with Crippen LogP contribution >= 0.6 is 0 Å². The Bertz CT molecular complexity index is 757. The predicted molar refractivity (Wildman–Crippen MR) is 64.3 cm³/mol. The van der Waals surface area contributed by atoms with Crippen molar-refractivity contribution in [1.82, 2.24) is 9.78 Å². The van der Waals surface area contributed by atoms with Crippen LogP contribution in [0.3, 0.4) is 0 Å². The molecule has 0 bridgehead atoms. The first kappa shape index (κ1) is 13.8. The molecule has 0 aliphatic heterocycles. The number of hydrogen-bond acceptors (Lipinski definition) is 3. The number of aryl methyl sites for hydroxylation is 1. The summed E-state index contributed by atoms with van der Waals surface area (Å²) in [5.74, 6) is 0. The number of halogens is 3. The van der Waals surface area contributed by atoms with E-state index in [4.69, 9.17) is 5.26 Å². The minimum absolute atomic E-state index is 0.133. The van der Waals surface area contributed by atoms with Crippen molar-refractivity contribution in [3.8, 4) is 11.8 Å². The van der Waals surface area contributed by atoms with Crippen LogP contribution in [0, 0.1) is 18.3 Å². The van der Waals surface area contributed by atoms with Crippen LogP contribution in [0.25, 0.3) is 5.69 Å². The van der Waals surface area contributed by atoms with E-state index in [1.165, 1.54) is 19.1 Å². The summed E-state index contributed by atoms with van der Waals surface area (Å²) in [6.07, 6.45) is -4.47. The first-order valence-electron chi connectivity index (χ1n) is 5.51. The van der Waals surface area contributed by atoms with Gasteiger partial charge in [-0.15, -0.1) is 0 Å². The molecule has 1 aromatic carbocycles. The Kier molecular flexibility index (Phi) is 3.32. The van der Waals surface area contributed by atoms with E-state index < -0.39 is 17.2 Å². The Morgan fingerprint density at radius 1 is 1.30 bits per heavy atom. The van der Waals surface area contributed by atoms with E-state index in [9.17, 15) is 18.0 Å². The number of alkyl halides is 3. The van der Waals surface area contributed by atoms with Gasteiger partial charge in [0.15, 0.2) is 0 Å². The average Bonchev–Trinajstić information content (AvgIpc) is 2.38. The van der Waals surface area contributed by atoms with E-state index in [1.807, 2.05) is 0 Å². The maximum Gasteiger partial charge on any atom is 0.416 e. The fourth-order valence-corrected chi connectivity index (χ4v) is 1.70. The van der Waals surface area contributed by atoms with Crippen molar-refractivity contribution < 1.29 is 13.2 Å². The number of rotatable bonds is 1. The van der Waals surface area contributed by atoms with E-state index in [0.717, 1.165) is 22.9 Å². The van der Waals surface area contributed by atoms with Crippen LogP contribution in [-0.4, -0.2) is 9.78 Å². The van der Waals surface area contributed by atoms with Crippen LogP contribution in [0.1, 0.15) is 17.0 Å². The molecule has 0 fully saturated rings. The van der Waals surface area contributed by atoms with Crippen LogP contribution in [0.15, 0.2) is 35.1 Å². The lowest BCUT2D eigenvalue weighted by Gasteiger charge is -2.12. The second-order valence-electron chi connectivity index (χ2n) is 4.07. The molecule has 1 aromatic heterocycles. The fourth-order valence-electron chi connectivity index (χ4n) is 1.70. The van der Waals surface area contributed by atoms with Crippen molar-refractivity contribution in [2.75, 3.05) is 0 Å². The van der Waals surface area contributed by atoms with Crippen molar-refractivity contribution in [3.63, 3.8) is 0 Å². The molecule has 0 radical (unpaired) electrons. The highest BCUT2D eigenvalue weighted by molar-refractivity contribution is 5.38. The number of aromatic nitrogens is 2. The summed E-state index contributed by atoms with van der Waals surface area (Å²) < 4.78 is 39.1. The zero-order valence-electron chi connectivity index (χ0n) is 10.3. The van der Waals surface area contributed by atoms with Gasteiger partial charge in [-0.25, -0.2) is 4.68 Å². The van der Waals surface area contributed by atoms with Gasteiger partial charge in [-0.2, -0.15) is 23.5 Å². The van der Waals surface area contributed by atoms with Crippen molar-refractivity contribution in [1.29, 1.82) is 5.26 Å². The predicted octanol–water partition coefficient (Wildman–Crippen LogP) is 2.43. The first-order chi connectivity index (χ1) is 9.32. The van der Waals surface area contributed by atoms with Crippen LogP contribution in [-0.2, 0) is 6.18 Å². The molecule has 0 aliphatic carbocycles. The molecule has 20 heavy (non-hydrogen) atoms. The van der Waals surface area contributed by atoms with Gasteiger partial charge in [-0.05, 0) is 25.1 Å². The molecule has 0 unspecified atom stereocenters. The van der Waals surface area contributed by atoms with Crippen LogP contribution < -0.4 is 5.43 Å². The molecule has 4 nitrogen and oxygen atoms in total. The van der Waals surface area contributed by atoms with Crippen LogP contribution in [0.2, 0.25) is 0 Å². The molecule has 0 saturated carbocycles. The van der Waals surface area contributed by atoms with Gasteiger partial charge in [-0.3, -0.25) is 4.79 Å². The lowest BCUT2D eigenvalue weighted by molar-refractivity contribution is -0.137. The Morgan fingerprint density at radius 2 is 2.00 bits per heavy atom. The van der Waals surface area contributed by atoms with Gasteiger partial charge < -0.3 is 0 Å². The standard InChI is InChI=1S/C13H8F3N3O/c1-8-5-12(20)11(7-17)18-19(8)10-4-2-3-9(6-10)13(14,15)16/h2-6H,1H3. The third kappa shape index (κ3) is 2.54. The molecular weight excluding hydrogens is 271 g/mol. The number of nitrogens with zero attached hydrogens (tertiary/aromatic N) is 3. The van der Waals surface area contributed by atoms with Crippen molar-refractivity contribution in [2.45, 2.75) is 13.1 Å². The minimum Gasteiger partial charge on any atom is -0.287 e. The number of hydrogen-bond donors (Lipinski definition) is 0. The monoisotopic (exact) mass is 279 g/mol. The minimum atomic E-state index is -4.47. The topological polar surface area (TPSA) is 58.7 Å². The third-order valence-corrected chi connectivity index (χ3v) is 2.63. The summed E-state index contributed by atoms with van der Waals surface area (Å²) in [7, 11) is 0. The average molecular weight is 279 g/mol. The van der Waals surface area contributed by atoms with E-state index in [2.05, 4.69) is 5.10 Å². The highest BCUT2D eigenvalue weighted by atomic mass is 19.4. The Balaban J connectivity index is 2.64. The normalized spacial score (nSPS) is 11.2. The zero-order valence-corrected chi connectivity index (χ0v) is 10.3. The Hall–Kier alpha value is -2.62. The third-order valence-electron chi connectivity index (χ3n) is 2.63. The molecule has 0 atom stereocenters. The summed E-state index contributed by atoms with van der Waals surface area (Å²) in [5, 5.41) is 12.5. The number of nitriles is 1. The maximum absolute atomic E-state index is 12.7. The molecule has 0 N–H and O–H groups in total. The molecule has 2 rings (SSSR count). The van der Waals surface area contributed by atoms with E-state index in [0.29, 0.717) is 5.69 Å². The van der Waals surface area contributed by atoms with Crippen LogP contribution in [0.4, 0.5) is 13.2 Å². The summed E-state index contributed by atoms with van der Waals surface area (Å²) in [4.78, 5) is 11.4. The van der Waals surface area contributed by atoms with Gasteiger partial charge in [0.25, 0.3) is 0 Å². The highest BCUT2D eigenvalue weighted by Crippen LogP contribution is 2.30. The van der Waals surface area contributed by atoms with E-state index in [1.54, 1.807) is 6.07 Å². The lowest BCUT2D eigenvalue weighted by atomic mass is 10.2. The Morgan fingerprint density at radius 3 is 2.60 bits per heavy atom. The van der Waals surface area contributed by atoms with E-state index in [-0.39, 0.29) is 11.4 Å². The molecule has 0 aliphatic rings. The maximum atomic E-state index is 12.7. The van der Waals surface area contributed by atoms with Gasteiger partial charge in [0, 0.05) is 11.8 Å². The van der Waals surface area contributed by atoms with Gasteiger partial charge in [0.1, 0.15) is 6.07 Å². The summed E-state index contributed by atoms with van der Waals surface area (Å²) in [6, 6.07) is 7.27. The fraction of sp³-hybridized carbons (Fsp3) is 0.154. The largest absolute Gasteiger partial charge is 0.416 e. The molecular formula is C13H8F3N3O. The van der Waals surface area contributed by atoms with E-state index >= 15 is 0 Å². The molecule has 2 aromatic rings.